The third-order valence-corrected chi connectivity index (χ3v) is 3.45. The summed E-state index contributed by atoms with van der Waals surface area (Å²) in [7, 11) is 0. The lowest BCUT2D eigenvalue weighted by atomic mass is 9.99. The van der Waals surface area contributed by atoms with E-state index in [1.54, 1.807) is 0 Å². The topological polar surface area (TPSA) is 55.6 Å². The zero-order valence-electron chi connectivity index (χ0n) is 9.32. The Morgan fingerprint density at radius 2 is 2.40 bits per heavy atom. The Balaban J connectivity index is 1.88. The number of ether oxygens (including phenoxy) is 1. The van der Waals surface area contributed by atoms with Crippen LogP contribution in [0.5, 0.6) is 0 Å². The van der Waals surface area contributed by atoms with Crippen LogP contribution in [0.15, 0.2) is 0 Å². The predicted molar refractivity (Wildman–Crippen MR) is 57.3 cm³/mol. The van der Waals surface area contributed by atoms with Crippen molar-refractivity contribution in [3.8, 4) is 0 Å². The van der Waals surface area contributed by atoms with Crippen molar-refractivity contribution < 1.29 is 9.53 Å². The molecule has 4 heteroatoms. The van der Waals surface area contributed by atoms with Gasteiger partial charge in [0.2, 0.25) is 5.91 Å². The molecule has 0 saturated carbocycles. The van der Waals surface area contributed by atoms with Crippen molar-refractivity contribution in [3.63, 3.8) is 0 Å². The second kappa shape index (κ2) is 4.49. The number of carbonyl (C=O) groups excluding carboxylic acids is 1. The lowest BCUT2D eigenvalue weighted by molar-refractivity contribution is -0.128. The van der Waals surface area contributed by atoms with Gasteiger partial charge in [-0.3, -0.25) is 4.79 Å². The Morgan fingerprint density at radius 3 is 3.00 bits per heavy atom. The summed E-state index contributed by atoms with van der Waals surface area (Å²) in [4.78, 5) is 13.5. The maximum Gasteiger partial charge on any atom is 0.224 e. The van der Waals surface area contributed by atoms with E-state index in [0.717, 1.165) is 32.5 Å². The smallest absolute Gasteiger partial charge is 0.224 e. The standard InChI is InChI=1S/C11H20N2O2/c1-2-10-8(3-4-15-10)6-13-7-9(12)5-11(13)14/h8-10H,2-7,12H2,1H3. The van der Waals surface area contributed by atoms with Crippen LogP contribution < -0.4 is 5.73 Å². The molecule has 86 valence electrons. The number of amides is 1. The molecule has 15 heavy (non-hydrogen) atoms. The lowest BCUT2D eigenvalue weighted by Gasteiger charge is -2.23. The van der Waals surface area contributed by atoms with E-state index in [2.05, 4.69) is 6.92 Å². The highest BCUT2D eigenvalue weighted by molar-refractivity contribution is 5.79. The minimum Gasteiger partial charge on any atom is -0.378 e. The molecule has 0 aromatic carbocycles. The second-order valence-corrected chi connectivity index (χ2v) is 4.63. The molecule has 3 unspecified atom stereocenters. The number of carbonyl (C=O) groups is 1. The molecule has 0 aromatic heterocycles. The molecule has 2 heterocycles. The summed E-state index contributed by atoms with van der Waals surface area (Å²) in [6.45, 7) is 4.55. The Kier molecular flexibility index (Phi) is 3.26. The maximum atomic E-state index is 11.6. The highest BCUT2D eigenvalue weighted by Gasteiger charge is 2.33. The Hall–Kier alpha value is -0.610. The predicted octanol–water partition coefficient (Wildman–Crippen LogP) is 0.361. The molecule has 2 aliphatic rings. The number of rotatable bonds is 3. The van der Waals surface area contributed by atoms with Crippen LogP contribution >= 0.6 is 0 Å². The monoisotopic (exact) mass is 212 g/mol. The molecule has 2 fully saturated rings. The number of nitrogens with zero attached hydrogens (tertiary/aromatic N) is 1. The van der Waals surface area contributed by atoms with Gasteiger partial charge in [-0.15, -0.1) is 0 Å². The molecule has 2 N–H and O–H groups in total. The highest BCUT2D eigenvalue weighted by atomic mass is 16.5. The van der Waals surface area contributed by atoms with Crippen LogP contribution in [-0.2, 0) is 9.53 Å². The molecule has 4 nitrogen and oxygen atoms in total. The maximum absolute atomic E-state index is 11.6. The summed E-state index contributed by atoms with van der Waals surface area (Å²) in [6.07, 6.45) is 2.98. The van der Waals surface area contributed by atoms with Crippen LogP contribution in [0.25, 0.3) is 0 Å². The lowest BCUT2D eigenvalue weighted by Crippen LogP contribution is -2.35. The van der Waals surface area contributed by atoms with Gasteiger partial charge in [0.25, 0.3) is 0 Å². The first-order chi connectivity index (χ1) is 7.20. The van der Waals surface area contributed by atoms with Gasteiger partial charge in [0.1, 0.15) is 0 Å². The van der Waals surface area contributed by atoms with Gasteiger partial charge in [0.05, 0.1) is 6.10 Å². The van der Waals surface area contributed by atoms with Crippen molar-refractivity contribution in [2.75, 3.05) is 19.7 Å². The van der Waals surface area contributed by atoms with Gasteiger partial charge in [-0.1, -0.05) is 6.92 Å². The number of likely N-dealkylation sites (tertiary alicyclic amines) is 1. The molecule has 0 radical (unpaired) electrons. The van der Waals surface area contributed by atoms with E-state index in [9.17, 15) is 4.79 Å². The van der Waals surface area contributed by atoms with Crippen molar-refractivity contribution in [3.05, 3.63) is 0 Å². The molecule has 0 spiro atoms. The Morgan fingerprint density at radius 1 is 1.60 bits per heavy atom. The van der Waals surface area contributed by atoms with Gasteiger partial charge in [0.15, 0.2) is 0 Å². The average Bonchev–Trinajstić information content (AvgIpc) is 2.74. The van der Waals surface area contributed by atoms with E-state index < -0.39 is 0 Å². The van der Waals surface area contributed by atoms with Crippen molar-refractivity contribution >= 4 is 5.91 Å². The zero-order chi connectivity index (χ0) is 10.8. The minimum atomic E-state index is 0.0416. The zero-order valence-corrected chi connectivity index (χ0v) is 9.32. The molecule has 2 saturated heterocycles. The summed E-state index contributed by atoms with van der Waals surface area (Å²) in [5.41, 5.74) is 5.76. The summed E-state index contributed by atoms with van der Waals surface area (Å²) in [5.74, 6) is 0.730. The van der Waals surface area contributed by atoms with E-state index >= 15 is 0 Å². The van der Waals surface area contributed by atoms with Gasteiger partial charge in [-0.05, 0) is 12.8 Å². The van der Waals surface area contributed by atoms with E-state index in [-0.39, 0.29) is 11.9 Å². The summed E-state index contributed by atoms with van der Waals surface area (Å²) < 4.78 is 5.62. The Labute approximate surface area is 90.8 Å². The highest BCUT2D eigenvalue weighted by Crippen LogP contribution is 2.25. The van der Waals surface area contributed by atoms with Crippen molar-refractivity contribution in [1.29, 1.82) is 0 Å². The summed E-state index contributed by atoms with van der Waals surface area (Å²) >= 11 is 0. The number of nitrogens with two attached hydrogens (primary N) is 1. The van der Waals surface area contributed by atoms with E-state index in [1.165, 1.54) is 0 Å². The first kappa shape index (κ1) is 10.9. The van der Waals surface area contributed by atoms with E-state index in [4.69, 9.17) is 10.5 Å². The normalized spacial score (nSPS) is 36.5. The van der Waals surface area contributed by atoms with Gasteiger partial charge < -0.3 is 15.4 Å². The molecule has 0 aromatic rings. The quantitative estimate of drug-likeness (QED) is 0.735. The molecule has 0 bridgehead atoms. The van der Waals surface area contributed by atoms with Crippen LogP contribution in [0.1, 0.15) is 26.2 Å². The van der Waals surface area contributed by atoms with Crippen molar-refractivity contribution in [1.82, 2.24) is 4.90 Å². The van der Waals surface area contributed by atoms with Gasteiger partial charge >= 0.3 is 0 Å². The van der Waals surface area contributed by atoms with E-state index in [0.29, 0.717) is 18.4 Å². The van der Waals surface area contributed by atoms with Gasteiger partial charge in [-0.25, -0.2) is 0 Å². The van der Waals surface area contributed by atoms with Crippen LogP contribution in [0, 0.1) is 5.92 Å². The summed E-state index contributed by atoms with van der Waals surface area (Å²) in [5, 5.41) is 0. The first-order valence-electron chi connectivity index (χ1n) is 5.85. The van der Waals surface area contributed by atoms with Gasteiger partial charge in [-0.2, -0.15) is 0 Å². The van der Waals surface area contributed by atoms with Crippen molar-refractivity contribution in [2.24, 2.45) is 11.7 Å². The Bertz CT molecular complexity index is 245. The minimum absolute atomic E-state index is 0.0416. The van der Waals surface area contributed by atoms with Crippen molar-refractivity contribution in [2.45, 2.75) is 38.3 Å². The molecule has 2 rings (SSSR count). The molecule has 2 aliphatic heterocycles. The van der Waals surface area contributed by atoms with Crippen LogP contribution in [0.4, 0.5) is 0 Å². The first-order valence-corrected chi connectivity index (χ1v) is 5.85. The molecular weight excluding hydrogens is 192 g/mol. The fraction of sp³-hybridized carbons (Fsp3) is 0.909. The molecular formula is C11H20N2O2. The summed E-state index contributed by atoms with van der Waals surface area (Å²) in [6, 6.07) is 0.0416. The van der Waals surface area contributed by atoms with Crippen LogP contribution in [0.3, 0.4) is 0 Å². The third-order valence-electron chi connectivity index (χ3n) is 3.45. The number of hydrogen-bond acceptors (Lipinski definition) is 3. The van der Waals surface area contributed by atoms with Crippen LogP contribution in [-0.4, -0.2) is 42.6 Å². The largest absolute Gasteiger partial charge is 0.378 e. The van der Waals surface area contributed by atoms with Gasteiger partial charge in [0, 0.05) is 38.1 Å². The van der Waals surface area contributed by atoms with Crippen LogP contribution in [0.2, 0.25) is 0 Å². The second-order valence-electron chi connectivity index (χ2n) is 4.63. The number of hydrogen-bond donors (Lipinski definition) is 1. The fourth-order valence-electron chi connectivity index (χ4n) is 2.62. The van der Waals surface area contributed by atoms with E-state index in [1.807, 2.05) is 4.90 Å². The molecule has 3 atom stereocenters. The fourth-order valence-corrected chi connectivity index (χ4v) is 2.62. The average molecular weight is 212 g/mol. The SMILES string of the molecule is CCC1OCCC1CN1CC(N)CC1=O. The third kappa shape index (κ3) is 2.32. The molecule has 1 amide bonds. The molecule has 0 aliphatic carbocycles.